The minimum Gasteiger partial charge on any atom is -0.504 e. The number of hydrogen-bond donors (Lipinski definition) is 8. The highest BCUT2D eigenvalue weighted by atomic mass is 16.8. The van der Waals surface area contributed by atoms with E-state index in [1.54, 1.807) is 0 Å². The van der Waals surface area contributed by atoms with Gasteiger partial charge in [-0.2, -0.15) is 0 Å². The number of benzene rings is 2. The lowest BCUT2D eigenvalue weighted by Gasteiger charge is -2.45. The third-order valence-electron chi connectivity index (χ3n) is 7.14. The first kappa shape index (κ1) is 29.2. The van der Waals surface area contributed by atoms with Crippen LogP contribution in [0.15, 0.2) is 51.7 Å². The van der Waals surface area contributed by atoms with Crippen LogP contribution in [0.5, 0.6) is 17.2 Å². The standard InChI is InChI=1S/C27H30O14/c1-10-20(32)22(34)24(36)26(37-10)41-25-23(35)21(33)19(9-28)40-27(25)38-12-3-4-13-15(30)8-17(39-18(13)7-12)11-2-5-14(29)16(31)6-11/h2-8,10,19-29,31-36H,9H2,1H3. The van der Waals surface area contributed by atoms with Gasteiger partial charge in [0.25, 0.3) is 0 Å². The van der Waals surface area contributed by atoms with Gasteiger partial charge in [0.05, 0.1) is 18.1 Å². The summed E-state index contributed by atoms with van der Waals surface area (Å²) in [6.07, 6.45) is -15.0. The van der Waals surface area contributed by atoms with E-state index in [2.05, 4.69) is 0 Å². The summed E-state index contributed by atoms with van der Waals surface area (Å²) in [7, 11) is 0. The molecule has 10 unspecified atom stereocenters. The van der Waals surface area contributed by atoms with Crippen molar-refractivity contribution in [1.29, 1.82) is 0 Å². The Balaban J connectivity index is 1.45. The molecule has 0 spiro atoms. The highest BCUT2D eigenvalue weighted by Gasteiger charge is 2.50. The second-order valence-corrected chi connectivity index (χ2v) is 9.94. The van der Waals surface area contributed by atoms with Crippen LogP contribution in [-0.2, 0) is 14.2 Å². The van der Waals surface area contributed by atoms with Crippen LogP contribution in [0.1, 0.15) is 6.92 Å². The molecule has 3 heterocycles. The molecule has 10 atom stereocenters. The molecule has 14 heteroatoms. The lowest BCUT2D eigenvalue weighted by atomic mass is 9.97. The van der Waals surface area contributed by atoms with Gasteiger partial charge in [0.15, 0.2) is 29.3 Å². The van der Waals surface area contributed by atoms with Crippen LogP contribution in [0.3, 0.4) is 0 Å². The second-order valence-electron chi connectivity index (χ2n) is 9.94. The zero-order chi connectivity index (χ0) is 29.6. The highest BCUT2D eigenvalue weighted by Crippen LogP contribution is 2.33. The topological polar surface area (TPSA) is 229 Å². The summed E-state index contributed by atoms with van der Waals surface area (Å²) in [5.41, 5.74) is -0.0278. The molecule has 2 fully saturated rings. The van der Waals surface area contributed by atoms with Gasteiger partial charge in [0.2, 0.25) is 6.29 Å². The van der Waals surface area contributed by atoms with Crippen molar-refractivity contribution in [3.05, 3.63) is 52.7 Å². The van der Waals surface area contributed by atoms with Crippen molar-refractivity contribution < 1.29 is 64.2 Å². The van der Waals surface area contributed by atoms with Crippen molar-refractivity contribution in [2.24, 2.45) is 0 Å². The fraction of sp³-hybridized carbons (Fsp3) is 0.444. The zero-order valence-corrected chi connectivity index (χ0v) is 21.5. The Morgan fingerprint density at radius 2 is 1.56 bits per heavy atom. The number of rotatable bonds is 6. The number of phenolic OH excluding ortho intramolecular Hbond substituents is 2. The summed E-state index contributed by atoms with van der Waals surface area (Å²) in [5.74, 6) is -0.622. The van der Waals surface area contributed by atoms with Crippen molar-refractivity contribution >= 4 is 11.0 Å². The van der Waals surface area contributed by atoms with Crippen molar-refractivity contribution in [2.45, 2.75) is 68.3 Å². The molecule has 2 aliphatic rings. The highest BCUT2D eigenvalue weighted by molar-refractivity contribution is 5.80. The fourth-order valence-corrected chi connectivity index (χ4v) is 4.74. The predicted octanol–water partition coefficient (Wildman–Crippen LogP) is -1.10. The van der Waals surface area contributed by atoms with E-state index in [0.717, 1.165) is 0 Å². The average molecular weight is 579 g/mol. The summed E-state index contributed by atoms with van der Waals surface area (Å²) in [6.45, 7) is 0.746. The first-order valence-corrected chi connectivity index (χ1v) is 12.7. The van der Waals surface area contributed by atoms with Crippen LogP contribution >= 0.6 is 0 Å². The predicted molar refractivity (Wildman–Crippen MR) is 137 cm³/mol. The van der Waals surface area contributed by atoms with Gasteiger partial charge >= 0.3 is 0 Å². The maximum Gasteiger partial charge on any atom is 0.229 e. The molecule has 222 valence electrons. The van der Waals surface area contributed by atoms with Crippen LogP contribution in [0.2, 0.25) is 0 Å². The zero-order valence-electron chi connectivity index (χ0n) is 21.5. The molecule has 0 bridgehead atoms. The largest absolute Gasteiger partial charge is 0.504 e. The Hall–Kier alpha value is -3.31. The summed E-state index contributed by atoms with van der Waals surface area (Å²) in [5, 5.41) is 81.0. The second kappa shape index (κ2) is 11.5. The van der Waals surface area contributed by atoms with Crippen molar-refractivity contribution in [1.82, 2.24) is 0 Å². The quantitative estimate of drug-likeness (QED) is 0.162. The molecule has 0 radical (unpaired) electrons. The molecule has 14 nitrogen and oxygen atoms in total. The minimum absolute atomic E-state index is 0.0548. The number of hydrogen-bond acceptors (Lipinski definition) is 14. The van der Waals surface area contributed by atoms with E-state index in [0.29, 0.717) is 5.56 Å². The molecule has 2 aliphatic heterocycles. The maximum absolute atomic E-state index is 12.7. The molecule has 2 aromatic carbocycles. The fourth-order valence-electron chi connectivity index (χ4n) is 4.74. The van der Waals surface area contributed by atoms with Crippen molar-refractivity contribution in [3.63, 3.8) is 0 Å². The number of phenols is 2. The molecule has 2 saturated heterocycles. The first-order valence-electron chi connectivity index (χ1n) is 12.7. The van der Waals surface area contributed by atoms with Gasteiger partial charge in [0.1, 0.15) is 53.7 Å². The average Bonchev–Trinajstić information content (AvgIpc) is 2.95. The lowest BCUT2D eigenvalue weighted by Crippen LogP contribution is -2.64. The SMILES string of the molecule is CC1OC(OC2C(Oc3ccc4c(=O)cc(-c5ccc(O)c(O)c5)oc4c3)OC(CO)C(O)C2O)C(O)C(O)C1O. The van der Waals surface area contributed by atoms with Crippen LogP contribution < -0.4 is 10.2 Å². The van der Waals surface area contributed by atoms with Gasteiger partial charge in [-0.25, -0.2) is 0 Å². The molecular weight excluding hydrogens is 548 g/mol. The van der Waals surface area contributed by atoms with E-state index in [1.165, 1.54) is 49.4 Å². The smallest absolute Gasteiger partial charge is 0.229 e. The van der Waals surface area contributed by atoms with E-state index in [4.69, 9.17) is 23.4 Å². The van der Waals surface area contributed by atoms with Gasteiger partial charge in [-0.15, -0.1) is 0 Å². The normalized spacial score (nSPS) is 34.0. The van der Waals surface area contributed by atoms with Crippen LogP contribution in [0.25, 0.3) is 22.3 Å². The summed E-state index contributed by atoms with van der Waals surface area (Å²) >= 11 is 0. The molecule has 1 aromatic heterocycles. The van der Waals surface area contributed by atoms with Gasteiger partial charge in [-0.3, -0.25) is 4.79 Å². The number of ether oxygens (including phenoxy) is 4. The van der Waals surface area contributed by atoms with Gasteiger partial charge in [-0.1, -0.05) is 0 Å². The van der Waals surface area contributed by atoms with Crippen molar-refractivity contribution in [3.8, 4) is 28.6 Å². The minimum atomic E-state index is -1.73. The van der Waals surface area contributed by atoms with Gasteiger partial charge < -0.3 is 64.2 Å². The molecule has 0 aliphatic carbocycles. The third-order valence-corrected chi connectivity index (χ3v) is 7.14. The molecule has 0 amide bonds. The van der Waals surface area contributed by atoms with Crippen LogP contribution in [0, 0.1) is 0 Å². The van der Waals surface area contributed by atoms with E-state index >= 15 is 0 Å². The monoisotopic (exact) mass is 578 g/mol. The molecular formula is C27H30O14. The first-order chi connectivity index (χ1) is 19.5. The van der Waals surface area contributed by atoms with E-state index in [9.17, 15) is 45.6 Å². The number of aromatic hydroxyl groups is 2. The molecule has 0 saturated carbocycles. The third kappa shape index (κ3) is 5.61. The summed E-state index contributed by atoms with van der Waals surface area (Å²) in [4.78, 5) is 12.7. The maximum atomic E-state index is 12.7. The Morgan fingerprint density at radius 3 is 2.27 bits per heavy atom. The number of aliphatic hydroxyl groups is 6. The molecule has 3 aromatic rings. The van der Waals surface area contributed by atoms with E-state index in [1.807, 2.05) is 0 Å². The Bertz CT molecular complexity index is 1440. The Morgan fingerprint density at radius 1 is 0.805 bits per heavy atom. The summed E-state index contributed by atoms with van der Waals surface area (Å²) < 4.78 is 28.5. The molecule has 41 heavy (non-hydrogen) atoms. The summed E-state index contributed by atoms with van der Waals surface area (Å²) in [6, 6.07) is 9.28. The van der Waals surface area contributed by atoms with E-state index < -0.39 is 79.2 Å². The van der Waals surface area contributed by atoms with Gasteiger partial charge in [0, 0.05) is 17.7 Å². The van der Waals surface area contributed by atoms with Crippen molar-refractivity contribution in [2.75, 3.05) is 6.61 Å². The van der Waals surface area contributed by atoms with Gasteiger partial charge in [-0.05, 0) is 37.3 Å². The van der Waals surface area contributed by atoms with Crippen LogP contribution in [-0.4, -0.2) is 109 Å². The molecule has 5 rings (SSSR count). The van der Waals surface area contributed by atoms with Crippen LogP contribution in [0.4, 0.5) is 0 Å². The number of aliphatic hydroxyl groups excluding tert-OH is 6. The Labute approximate surface area is 231 Å². The number of fused-ring (bicyclic) bond motifs is 1. The lowest BCUT2D eigenvalue weighted by molar-refractivity contribution is -0.354. The Kier molecular flexibility index (Phi) is 8.20. The van der Waals surface area contributed by atoms with E-state index in [-0.39, 0.29) is 28.2 Å². The molecule has 8 N–H and O–H groups in total.